The molecule has 0 aliphatic rings. The van der Waals surface area contributed by atoms with Crippen LogP contribution in [0.5, 0.6) is 0 Å². The second kappa shape index (κ2) is 5.21. The normalized spacial score (nSPS) is 10.7. The van der Waals surface area contributed by atoms with E-state index in [-0.39, 0.29) is 0 Å². The largest absolute Gasteiger partial charge is 0.398 e. The van der Waals surface area contributed by atoms with Gasteiger partial charge in [-0.3, -0.25) is 0 Å². The highest BCUT2D eigenvalue weighted by molar-refractivity contribution is 7.12. The summed E-state index contributed by atoms with van der Waals surface area (Å²) >= 11 is 7.86. The maximum absolute atomic E-state index is 6.03. The molecule has 1 heterocycles. The van der Waals surface area contributed by atoms with Gasteiger partial charge in [-0.25, -0.2) is 0 Å². The fourth-order valence-electron chi connectivity index (χ4n) is 1.81. The second-order valence-electron chi connectivity index (χ2n) is 4.49. The maximum Gasteiger partial charge on any atom is 0.0656 e. The third-order valence-electron chi connectivity index (χ3n) is 3.01. The Kier molecular flexibility index (Phi) is 3.83. The van der Waals surface area contributed by atoms with E-state index in [0.717, 1.165) is 17.8 Å². The molecule has 1 aromatic carbocycles. The van der Waals surface area contributed by atoms with Crippen LogP contribution in [-0.2, 0) is 6.54 Å². The summed E-state index contributed by atoms with van der Waals surface area (Å²) in [6, 6.07) is 6.01. The highest BCUT2D eigenvalue weighted by Crippen LogP contribution is 2.28. The number of hydrogen-bond acceptors (Lipinski definition) is 3. The Balaban J connectivity index is 2.13. The zero-order valence-corrected chi connectivity index (χ0v) is 12.4. The van der Waals surface area contributed by atoms with Gasteiger partial charge in [-0.05, 0) is 50.1 Å². The first-order chi connectivity index (χ1) is 8.47. The van der Waals surface area contributed by atoms with E-state index in [1.165, 1.54) is 15.3 Å². The summed E-state index contributed by atoms with van der Waals surface area (Å²) in [6.45, 7) is 7.13. The fraction of sp³-hybridized carbons (Fsp3) is 0.286. The number of rotatable bonds is 3. The molecular weight excluding hydrogens is 264 g/mol. The number of benzene rings is 1. The molecular formula is C14H17ClN2S. The van der Waals surface area contributed by atoms with Gasteiger partial charge >= 0.3 is 0 Å². The van der Waals surface area contributed by atoms with Gasteiger partial charge in [0.1, 0.15) is 0 Å². The van der Waals surface area contributed by atoms with E-state index >= 15 is 0 Å². The summed E-state index contributed by atoms with van der Waals surface area (Å²) in [5.74, 6) is 0. The summed E-state index contributed by atoms with van der Waals surface area (Å²) < 4.78 is 0. The van der Waals surface area contributed by atoms with Crippen molar-refractivity contribution in [1.82, 2.24) is 0 Å². The summed E-state index contributed by atoms with van der Waals surface area (Å²) in [7, 11) is 0. The molecule has 96 valence electrons. The van der Waals surface area contributed by atoms with E-state index in [0.29, 0.717) is 10.7 Å². The first-order valence-corrected chi connectivity index (χ1v) is 7.02. The Morgan fingerprint density at radius 2 is 1.89 bits per heavy atom. The molecule has 0 radical (unpaired) electrons. The number of nitrogen functional groups attached to an aromatic ring is 1. The SMILES string of the molecule is Cc1cc(N)c(Cl)cc1NCc1cc(C)c(C)s1. The molecule has 0 amide bonds. The molecule has 0 aliphatic carbocycles. The summed E-state index contributed by atoms with van der Waals surface area (Å²) in [4.78, 5) is 2.70. The van der Waals surface area contributed by atoms with Crippen molar-refractivity contribution >= 4 is 34.3 Å². The summed E-state index contributed by atoms with van der Waals surface area (Å²) in [5, 5.41) is 4.01. The third-order valence-corrected chi connectivity index (χ3v) is 4.49. The van der Waals surface area contributed by atoms with Crippen LogP contribution in [0.1, 0.15) is 20.9 Å². The third kappa shape index (κ3) is 2.79. The quantitative estimate of drug-likeness (QED) is 0.811. The van der Waals surface area contributed by atoms with Crippen molar-refractivity contribution in [3.05, 3.63) is 44.1 Å². The van der Waals surface area contributed by atoms with Crippen LogP contribution in [0.4, 0.5) is 11.4 Å². The lowest BCUT2D eigenvalue weighted by molar-refractivity contribution is 1.18. The minimum Gasteiger partial charge on any atom is -0.398 e. The van der Waals surface area contributed by atoms with Gasteiger partial charge in [0.2, 0.25) is 0 Å². The van der Waals surface area contributed by atoms with Gasteiger partial charge in [-0.2, -0.15) is 0 Å². The predicted molar refractivity (Wildman–Crippen MR) is 81.7 cm³/mol. The molecule has 0 atom stereocenters. The molecule has 0 bridgehead atoms. The standard InChI is InChI=1S/C14H17ClN2S/c1-8-4-11(18-10(8)3)7-17-14-6-12(15)13(16)5-9(14)2/h4-6,17H,7,16H2,1-3H3. The molecule has 4 heteroatoms. The Morgan fingerprint density at radius 3 is 2.50 bits per heavy atom. The highest BCUT2D eigenvalue weighted by Gasteiger charge is 2.05. The minimum absolute atomic E-state index is 0.599. The lowest BCUT2D eigenvalue weighted by Crippen LogP contribution is -2.00. The van der Waals surface area contributed by atoms with E-state index in [9.17, 15) is 0 Å². The number of halogens is 1. The van der Waals surface area contributed by atoms with Crippen LogP contribution in [0, 0.1) is 20.8 Å². The number of aryl methyl sites for hydroxylation is 3. The predicted octanol–water partition coefficient (Wildman–Crippen LogP) is 4.52. The van der Waals surface area contributed by atoms with Crippen molar-refractivity contribution < 1.29 is 0 Å². The van der Waals surface area contributed by atoms with Crippen LogP contribution in [-0.4, -0.2) is 0 Å². The van der Waals surface area contributed by atoms with Crippen molar-refractivity contribution in [3.8, 4) is 0 Å². The Hall–Kier alpha value is -1.19. The van der Waals surface area contributed by atoms with Crippen molar-refractivity contribution in [2.75, 3.05) is 11.1 Å². The number of nitrogens with two attached hydrogens (primary N) is 1. The average molecular weight is 281 g/mol. The monoisotopic (exact) mass is 280 g/mol. The lowest BCUT2D eigenvalue weighted by atomic mass is 10.1. The van der Waals surface area contributed by atoms with E-state index in [4.69, 9.17) is 17.3 Å². The van der Waals surface area contributed by atoms with Crippen molar-refractivity contribution in [1.29, 1.82) is 0 Å². The van der Waals surface area contributed by atoms with E-state index in [1.807, 2.05) is 30.4 Å². The average Bonchev–Trinajstić information content (AvgIpc) is 2.62. The van der Waals surface area contributed by atoms with Crippen molar-refractivity contribution in [2.24, 2.45) is 0 Å². The molecule has 3 N–H and O–H groups in total. The van der Waals surface area contributed by atoms with E-state index < -0.39 is 0 Å². The Labute approximate surface area is 117 Å². The van der Waals surface area contributed by atoms with Gasteiger partial charge in [0.25, 0.3) is 0 Å². The first-order valence-electron chi connectivity index (χ1n) is 5.83. The number of nitrogens with one attached hydrogen (secondary N) is 1. The van der Waals surface area contributed by atoms with Gasteiger partial charge < -0.3 is 11.1 Å². The molecule has 2 nitrogen and oxygen atoms in total. The molecule has 0 saturated heterocycles. The summed E-state index contributed by atoms with van der Waals surface area (Å²) in [5.41, 5.74) is 9.89. The van der Waals surface area contributed by atoms with E-state index in [2.05, 4.69) is 25.2 Å². The van der Waals surface area contributed by atoms with Crippen LogP contribution < -0.4 is 11.1 Å². The van der Waals surface area contributed by atoms with Crippen LogP contribution in [0.2, 0.25) is 5.02 Å². The molecule has 0 unspecified atom stereocenters. The number of hydrogen-bond donors (Lipinski definition) is 2. The van der Waals surface area contributed by atoms with Crippen LogP contribution >= 0.6 is 22.9 Å². The summed E-state index contributed by atoms with van der Waals surface area (Å²) in [6.07, 6.45) is 0. The first kappa shape index (κ1) is 13.2. The molecule has 0 saturated carbocycles. The topological polar surface area (TPSA) is 38.0 Å². The smallest absolute Gasteiger partial charge is 0.0656 e. The molecule has 2 rings (SSSR count). The lowest BCUT2D eigenvalue weighted by Gasteiger charge is -2.10. The van der Waals surface area contributed by atoms with Gasteiger partial charge in [0.05, 0.1) is 10.7 Å². The van der Waals surface area contributed by atoms with E-state index in [1.54, 1.807) is 0 Å². The van der Waals surface area contributed by atoms with Crippen molar-refractivity contribution in [2.45, 2.75) is 27.3 Å². The molecule has 18 heavy (non-hydrogen) atoms. The Bertz CT molecular complexity index is 556. The van der Waals surface area contributed by atoms with Gasteiger partial charge in [0.15, 0.2) is 0 Å². The van der Waals surface area contributed by atoms with Gasteiger partial charge in [-0.1, -0.05) is 11.6 Å². The number of thiophene rings is 1. The van der Waals surface area contributed by atoms with Crippen LogP contribution in [0.3, 0.4) is 0 Å². The minimum atomic E-state index is 0.599. The zero-order valence-electron chi connectivity index (χ0n) is 10.8. The van der Waals surface area contributed by atoms with Crippen LogP contribution in [0.15, 0.2) is 18.2 Å². The fourth-order valence-corrected chi connectivity index (χ4v) is 2.97. The van der Waals surface area contributed by atoms with Gasteiger partial charge in [-0.15, -0.1) is 11.3 Å². The zero-order chi connectivity index (χ0) is 13.3. The number of anilines is 2. The van der Waals surface area contributed by atoms with Crippen LogP contribution in [0.25, 0.3) is 0 Å². The maximum atomic E-state index is 6.03. The van der Waals surface area contributed by atoms with Gasteiger partial charge in [0, 0.05) is 22.0 Å². The molecule has 0 fully saturated rings. The highest BCUT2D eigenvalue weighted by atomic mass is 35.5. The molecule has 0 aliphatic heterocycles. The molecule has 0 spiro atoms. The second-order valence-corrected chi connectivity index (χ2v) is 6.24. The van der Waals surface area contributed by atoms with Crippen molar-refractivity contribution in [3.63, 3.8) is 0 Å². The molecule has 1 aromatic heterocycles. The molecule has 2 aromatic rings. The Morgan fingerprint density at radius 1 is 1.17 bits per heavy atom.